The van der Waals surface area contributed by atoms with E-state index in [4.69, 9.17) is 18.9 Å². The molecule has 4 atom stereocenters. The highest BCUT2D eigenvalue weighted by Gasteiger charge is 2.56. The van der Waals surface area contributed by atoms with Gasteiger partial charge in [-0.15, -0.1) is 41.1 Å². The Kier molecular flexibility index (Phi) is 14.1. The van der Waals surface area contributed by atoms with Crippen molar-refractivity contribution in [3.8, 4) is 11.1 Å². The second-order valence-electron chi connectivity index (χ2n) is 24.6. The Labute approximate surface area is 402 Å². The molecule has 6 rings (SSSR count). The fraction of sp³-hybridized carbons (Fsp3) is 0.692. The minimum Gasteiger partial charge on any atom is -0.462 e. The number of carbonyl (C=O) groups is 4. The van der Waals surface area contributed by atoms with Gasteiger partial charge in [-0.3, -0.25) is 0 Å². The summed E-state index contributed by atoms with van der Waals surface area (Å²) in [4.78, 5) is 56.5. The highest BCUT2D eigenvalue weighted by Crippen LogP contribution is 2.47. The Morgan fingerprint density at radius 2 is 0.588 bits per heavy atom. The van der Waals surface area contributed by atoms with Crippen molar-refractivity contribution in [2.75, 3.05) is 26.4 Å². The lowest BCUT2D eigenvalue weighted by molar-refractivity contribution is -0.249. The lowest BCUT2D eigenvalue weighted by Crippen LogP contribution is -2.47. The molecule has 4 radical (unpaired) electrons. The number of nitrogens with zero attached hydrogens (tertiary/aromatic N) is 4. The molecule has 4 heterocycles. The standard InChI is InChI=1S/C52H74N4O12/c1-45(2)23-33(49(9,10)53(45)61)27-65-41(57)37-19-17-31(21-39(37)43(59)67-29-35-25-47(5,6)55(63)51(35,13)14)32-18-20-38(42(58)66-28-34-24-46(3,4)54(62)50(34,11)12)40(22-32)44(60)68-30-36-26-48(7,8)56(64)52(36,15)16/h17-22,33-36H,23-30H2,1-16H3. The Hall–Kier alpha value is -4.00. The lowest BCUT2D eigenvalue weighted by atomic mass is 9.87. The fourth-order valence-corrected chi connectivity index (χ4v) is 11.7. The first-order valence-corrected chi connectivity index (χ1v) is 23.9. The summed E-state index contributed by atoms with van der Waals surface area (Å²) in [6, 6.07) is 8.95. The predicted molar refractivity (Wildman–Crippen MR) is 248 cm³/mol. The first kappa shape index (κ1) is 53.4. The zero-order chi connectivity index (χ0) is 51.1. The van der Waals surface area contributed by atoms with E-state index in [1.165, 1.54) is 24.3 Å². The van der Waals surface area contributed by atoms with Crippen LogP contribution in [-0.2, 0) is 39.8 Å². The summed E-state index contributed by atoms with van der Waals surface area (Å²) in [5.74, 6) is -4.55. The van der Waals surface area contributed by atoms with Crippen molar-refractivity contribution >= 4 is 23.9 Å². The number of esters is 4. The maximum atomic E-state index is 14.2. The molecule has 0 N–H and O–H groups in total. The molecule has 0 aliphatic carbocycles. The van der Waals surface area contributed by atoms with Gasteiger partial charge in [-0.25, -0.2) is 19.2 Å². The topological polar surface area (TPSA) is 198 Å². The maximum Gasteiger partial charge on any atom is 0.339 e. The Morgan fingerprint density at radius 1 is 0.382 bits per heavy atom. The Bertz CT molecular complexity index is 2120. The third kappa shape index (κ3) is 9.73. The largest absolute Gasteiger partial charge is 0.462 e. The van der Waals surface area contributed by atoms with Gasteiger partial charge in [-0.05, 0) is 172 Å². The van der Waals surface area contributed by atoms with Crippen LogP contribution in [0.4, 0.5) is 0 Å². The van der Waals surface area contributed by atoms with E-state index in [1.807, 2.05) is 83.1 Å². The van der Waals surface area contributed by atoms with Gasteiger partial charge in [0.1, 0.15) is 0 Å². The van der Waals surface area contributed by atoms with Gasteiger partial charge in [0.25, 0.3) is 0 Å². The molecule has 68 heavy (non-hydrogen) atoms. The molecule has 0 bridgehead atoms. The van der Waals surface area contributed by atoms with Crippen molar-refractivity contribution in [3.63, 3.8) is 0 Å². The molecule has 4 aliphatic heterocycles. The second-order valence-corrected chi connectivity index (χ2v) is 24.6. The van der Waals surface area contributed by atoms with Crippen molar-refractivity contribution in [3.05, 3.63) is 58.7 Å². The molecule has 4 aliphatic rings. The molecule has 4 unspecified atom stereocenters. The summed E-state index contributed by atoms with van der Waals surface area (Å²) in [7, 11) is 0. The van der Waals surface area contributed by atoms with Crippen LogP contribution in [0.3, 0.4) is 0 Å². The van der Waals surface area contributed by atoms with Crippen LogP contribution in [0.25, 0.3) is 11.1 Å². The van der Waals surface area contributed by atoms with E-state index in [-0.39, 0.29) is 72.4 Å². The van der Waals surface area contributed by atoms with Crippen LogP contribution >= 0.6 is 0 Å². The number of carbonyl (C=O) groups excluding carboxylic acids is 4. The van der Waals surface area contributed by atoms with E-state index in [0.29, 0.717) is 36.8 Å². The van der Waals surface area contributed by atoms with Crippen molar-refractivity contribution < 1.29 is 59.0 Å². The van der Waals surface area contributed by atoms with Gasteiger partial charge in [0.2, 0.25) is 0 Å². The fourth-order valence-electron chi connectivity index (χ4n) is 11.7. The summed E-state index contributed by atoms with van der Waals surface area (Å²) in [5, 5.41) is 56.7. The molecule has 2 aromatic carbocycles. The van der Waals surface area contributed by atoms with Crippen LogP contribution < -0.4 is 0 Å². The molecular formula is C52H74N4O12. The molecule has 0 amide bonds. The van der Waals surface area contributed by atoms with Gasteiger partial charge in [0.15, 0.2) is 0 Å². The van der Waals surface area contributed by atoms with E-state index in [0.717, 1.165) is 20.3 Å². The smallest absolute Gasteiger partial charge is 0.339 e. The summed E-state index contributed by atoms with van der Waals surface area (Å²) in [6.45, 7) is 28.8. The lowest BCUT2D eigenvalue weighted by Gasteiger charge is -2.33. The zero-order valence-corrected chi connectivity index (χ0v) is 43.1. The van der Waals surface area contributed by atoms with Gasteiger partial charge in [-0.2, -0.15) is 0 Å². The molecular weight excluding hydrogens is 873 g/mol. The highest BCUT2D eigenvalue weighted by molar-refractivity contribution is 6.06. The maximum absolute atomic E-state index is 14.2. The first-order valence-electron chi connectivity index (χ1n) is 23.9. The molecule has 0 aromatic heterocycles. The van der Waals surface area contributed by atoms with Gasteiger partial charge < -0.3 is 18.9 Å². The summed E-state index contributed by atoms with van der Waals surface area (Å²) in [6.07, 6.45) is 1.88. The number of hydrogen-bond donors (Lipinski definition) is 0. The monoisotopic (exact) mass is 947 g/mol. The number of hydrogen-bond acceptors (Lipinski definition) is 12. The van der Waals surface area contributed by atoms with E-state index in [1.54, 1.807) is 39.8 Å². The van der Waals surface area contributed by atoms with Crippen LogP contribution in [0.15, 0.2) is 36.4 Å². The van der Waals surface area contributed by atoms with E-state index in [2.05, 4.69) is 0 Å². The van der Waals surface area contributed by atoms with Gasteiger partial charge in [-0.1, -0.05) is 12.1 Å². The summed E-state index contributed by atoms with van der Waals surface area (Å²) in [5.41, 5.74) is -5.79. The van der Waals surface area contributed by atoms with Crippen molar-refractivity contribution in [2.24, 2.45) is 23.7 Å². The number of benzene rings is 2. The van der Waals surface area contributed by atoms with Crippen molar-refractivity contribution in [1.82, 2.24) is 20.3 Å². The third-order valence-electron chi connectivity index (χ3n) is 16.2. The minimum absolute atomic E-state index is 0.0779. The molecule has 4 saturated heterocycles. The van der Waals surface area contributed by atoms with Crippen LogP contribution in [0.1, 0.15) is 178 Å². The number of hydroxylamine groups is 8. The van der Waals surface area contributed by atoms with E-state index < -0.39 is 68.2 Å². The second kappa shape index (κ2) is 18.0. The zero-order valence-electron chi connectivity index (χ0n) is 43.1. The molecule has 374 valence electrons. The first-order chi connectivity index (χ1) is 31.0. The molecule has 0 spiro atoms. The molecule has 0 saturated carbocycles. The average Bonchev–Trinajstić information content (AvgIpc) is 3.68. The van der Waals surface area contributed by atoms with Gasteiger partial charge in [0, 0.05) is 45.8 Å². The predicted octanol–water partition coefficient (Wildman–Crippen LogP) is 8.88. The Balaban J connectivity index is 1.34. The quantitative estimate of drug-likeness (QED) is 0.137. The van der Waals surface area contributed by atoms with Gasteiger partial charge in [0.05, 0.1) is 70.8 Å². The Morgan fingerprint density at radius 3 is 0.779 bits per heavy atom. The van der Waals surface area contributed by atoms with Crippen LogP contribution in [0.5, 0.6) is 0 Å². The third-order valence-corrected chi connectivity index (χ3v) is 16.2. The van der Waals surface area contributed by atoms with E-state index >= 15 is 0 Å². The molecule has 16 heteroatoms. The number of rotatable bonds is 13. The van der Waals surface area contributed by atoms with Crippen LogP contribution in [0, 0.1) is 23.7 Å². The number of ether oxygens (including phenoxy) is 4. The minimum atomic E-state index is -0.850. The van der Waals surface area contributed by atoms with Crippen molar-refractivity contribution in [2.45, 2.75) is 181 Å². The van der Waals surface area contributed by atoms with E-state index in [9.17, 15) is 40.0 Å². The van der Waals surface area contributed by atoms with Gasteiger partial charge >= 0.3 is 23.9 Å². The molecule has 2 aromatic rings. The summed E-state index contributed by atoms with van der Waals surface area (Å²) < 4.78 is 23.5. The average molecular weight is 947 g/mol. The normalized spacial score (nSPS) is 27.8. The van der Waals surface area contributed by atoms with Crippen LogP contribution in [-0.4, -0.2) is 115 Å². The SMILES string of the molecule is CC1(C)CC(COC(=O)c2ccc(-c3ccc(C(=O)OCC4CC(C)(C)N([O])C4(C)C)c(C(=O)OCC4CC(C)(C)N([O])C4(C)C)c3)cc2C(=O)OCC2CC(C)(C)N([O])C2(C)C)C(C)(C)N1[O]. The summed E-state index contributed by atoms with van der Waals surface area (Å²) >= 11 is 0. The molecule has 4 fully saturated rings. The van der Waals surface area contributed by atoms with Crippen LogP contribution in [0.2, 0.25) is 0 Å². The van der Waals surface area contributed by atoms with Crippen molar-refractivity contribution in [1.29, 1.82) is 0 Å². The highest BCUT2D eigenvalue weighted by atomic mass is 16.6. The molecule has 16 nitrogen and oxygen atoms in total.